The maximum Gasteiger partial charge on any atom is 0.227 e. The first-order valence-corrected chi connectivity index (χ1v) is 13.5. The summed E-state index contributed by atoms with van der Waals surface area (Å²) in [6.45, 7) is 6.21. The molecule has 2 aliphatic rings. The van der Waals surface area contributed by atoms with Gasteiger partial charge >= 0.3 is 0 Å². The molecular weight excluding hydrogens is 504 g/mol. The highest BCUT2D eigenvalue weighted by Crippen LogP contribution is 2.36. The summed E-state index contributed by atoms with van der Waals surface area (Å²) in [5.74, 6) is 4.74. The van der Waals surface area contributed by atoms with Gasteiger partial charge in [-0.3, -0.25) is 4.90 Å². The molecule has 3 aromatic heterocycles. The fourth-order valence-electron chi connectivity index (χ4n) is 5.26. The van der Waals surface area contributed by atoms with E-state index in [9.17, 15) is 0 Å². The minimum atomic E-state index is 0.409. The van der Waals surface area contributed by atoms with Crippen molar-refractivity contribution in [3.63, 3.8) is 0 Å². The lowest BCUT2D eigenvalue weighted by Crippen LogP contribution is -2.36. The number of benzene rings is 1. The average molecular weight is 537 g/mol. The van der Waals surface area contributed by atoms with Gasteiger partial charge in [0.15, 0.2) is 11.5 Å². The number of anilines is 1. The third-order valence-corrected chi connectivity index (χ3v) is 8.12. The lowest BCUT2D eigenvalue weighted by Gasteiger charge is -2.31. The van der Waals surface area contributed by atoms with E-state index in [1.54, 1.807) is 18.7 Å². The number of nitrogens with one attached hydrogen (secondary N) is 1. The molecule has 10 nitrogen and oxygen atoms in total. The molecule has 0 saturated heterocycles. The molecule has 4 heterocycles. The number of methoxy groups -OCH3 is 2. The third kappa shape index (κ3) is 4.67. The Morgan fingerprint density at radius 2 is 2.00 bits per heavy atom. The predicted molar refractivity (Wildman–Crippen MR) is 145 cm³/mol. The normalized spacial score (nSPS) is 15.9. The Morgan fingerprint density at radius 1 is 1.13 bits per heavy atom. The SMILES string of the molecule is COc1ccc(CNc2nc(Cl)c(C)c3nc(CCN4CCn5c(cnc5C5CCC5)C4)nn23)c(OC)c1. The molecule has 1 aromatic carbocycles. The van der Waals surface area contributed by atoms with Crippen LogP contribution in [0.1, 0.15) is 53.7 Å². The van der Waals surface area contributed by atoms with Gasteiger partial charge in [-0.05, 0) is 31.9 Å². The van der Waals surface area contributed by atoms with Gasteiger partial charge in [-0.2, -0.15) is 4.52 Å². The summed E-state index contributed by atoms with van der Waals surface area (Å²) in [7, 11) is 3.28. The molecule has 1 N–H and O–H groups in total. The van der Waals surface area contributed by atoms with Crippen LogP contribution in [0.5, 0.6) is 11.5 Å². The highest BCUT2D eigenvalue weighted by atomic mass is 35.5. The van der Waals surface area contributed by atoms with Crippen molar-refractivity contribution in [3.8, 4) is 11.5 Å². The van der Waals surface area contributed by atoms with Crippen LogP contribution in [0.2, 0.25) is 5.15 Å². The summed E-state index contributed by atoms with van der Waals surface area (Å²) in [6.07, 6.45) is 6.70. The molecule has 0 spiro atoms. The van der Waals surface area contributed by atoms with Gasteiger partial charge in [0.05, 0.1) is 19.9 Å². The highest BCUT2D eigenvalue weighted by molar-refractivity contribution is 6.30. The molecule has 0 radical (unpaired) electrons. The number of hydrogen-bond donors (Lipinski definition) is 1. The monoisotopic (exact) mass is 536 g/mol. The van der Waals surface area contributed by atoms with Crippen molar-refractivity contribution in [2.24, 2.45) is 0 Å². The molecule has 0 amide bonds. The lowest BCUT2D eigenvalue weighted by atomic mass is 9.85. The minimum absolute atomic E-state index is 0.409. The van der Waals surface area contributed by atoms with E-state index < -0.39 is 0 Å². The van der Waals surface area contributed by atoms with Gasteiger partial charge in [0.1, 0.15) is 22.5 Å². The zero-order valence-corrected chi connectivity index (χ0v) is 22.8. The predicted octanol–water partition coefficient (Wildman–Crippen LogP) is 4.24. The molecule has 1 aliphatic carbocycles. The smallest absolute Gasteiger partial charge is 0.227 e. The second-order valence-electron chi connectivity index (χ2n) is 10.1. The second kappa shape index (κ2) is 10.4. The molecule has 4 aromatic rings. The number of halogens is 1. The Hall–Kier alpha value is -3.37. The molecule has 1 fully saturated rings. The van der Waals surface area contributed by atoms with Crippen molar-refractivity contribution in [2.75, 3.05) is 32.6 Å². The van der Waals surface area contributed by atoms with Gasteiger partial charge in [0, 0.05) is 68.5 Å². The van der Waals surface area contributed by atoms with Crippen LogP contribution in [0.3, 0.4) is 0 Å². The molecule has 0 bridgehead atoms. The fraction of sp³-hybridized carbons (Fsp3) is 0.481. The Labute approximate surface area is 227 Å². The van der Waals surface area contributed by atoms with E-state index in [0.717, 1.165) is 61.1 Å². The summed E-state index contributed by atoms with van der Waals surface area (Å²) < 4.78 is 15.0. The number of imidazole rings is 1. The molecule has 0 unspecified atom stereocenters. The van der Waals surface area contributed by atoms with E-state index in [-0.39, 0.29) is 0 Å². The lowest BCUT2D eigenvalue weighted by molar-refractivity contribution is 0.217. The van der Waals surface area contributed by atoms with Gasteiger partial charge in [-0.1, -0.05) is 18.0 Å². The van der Waals surface area contributed by atoms with Crippen LogP contribution in [0, 0.1) is 6.92 Å². The van der Waals surface area contributed by atoms with E-state index in [0.29, 0.717) is 29.2 Å². The van der Waals surface area contributed by atoms with Gasteiger partial charge < -0.3 is 19.4 Å². The quantitative estimate of drug-likeness (QED) is 0.317. The number of aryl methyl sites for hydroxylation is 1. The summed E-state index contributed by atoms with van der Waals surface area (Å²) in [4.78, 5) is 16.6. The van der Waals surface area contributed by atoms with E-state index in [1.807, 2.05) is 25.1 Å². The van der Waals surface area contributed by atoms with Crippen LogP contribution in [0.15, 0.2) is 24.4 Å². The van der Waals surface area contributed by atoms with Crippen LogP contribution in [0.4, 0.5) is 5.95 Å². The largest absolute Gasteiger partial charge is 0.497 e. The van der Waals surface area contributed by atoms with Crippen molar-refractivity contribution in [1.82, 2.24) is 34.0 Å². The summed E-state index contributed by atoms with van der Waals surface area (Å²) in [5.41, 5.74) is 3.80. The molecular formula is C27H33ClN8O2. The molecule has 1 aliphatic heterocycles. The van der Waals surface area contributed by atoms with E-state index in [1.165, 1.54) is 30.8 Å². The number of fused-ring (bicyclic) bond motifs is 2. The van der Waals surface area contributed by atoms with Crippen molar-refractivity contribution in [3.05, 3.63) is 58.0 Å². The second-order valence-corrected chi connectivity index (χ2v) is 10.4. The first-order valence-electron chi connectivity index (χ1n) is 13.2. The number of nitrogens with zero attached hydrogens (tertiary/aromatic N) is 7. The van der Waals surface area contributed by atoms with Crippen LogP contribution in [-0.2, 0) is 26.1 Å². The Bertz CT molecular complexity index is 1460. The molecule has 11 heteroatoms. The van der Waals surface area contributed by atoms with Crippen LogP contribution < -0.4 is 14.8 Å². The first kappa shape index (κ1) is 24.9. The molecule has 0 atom stereocenters. The Kier molecular flexibility index (Phi) is 6.84. The number of rotatable bonds is 9. The highest BCUT2D eigenvalue weighted by Gasteiger charge is 2.28. The van der Waals surface area contributed by atoms with Gasteiger partial charge in [0.25, 0.3) is 0 Å². The molecule has 6 rings (SSSR count). The number of ether oxygens (including phenoxy) is 2. The standard InChI is InChI=1S/C27H33ClN8O2/c1-17-24(28)32-27(30-14-19-7-8-21(37-2)13-22(19)38-3)36-25(17)31-23(33-36)9-10-34-11-12-35-20(16-34)15-29-26(35)18-5-4-6-18/h7-8,13,15,18H,4-6,9-12,14,16H2,1-3H3,(H,30,32). The third-order valence-electron chi connectivity index (χ3n) is 7.75. The average Bonchev–Trinajstić information content (AvgIpc) is 3.52. The summed E-state index contributed by atoms with van der Waals surface area (Å²) in [6, 6.07) is 5.72. The van der Waals surface area contributed by atoms with Crippen LogP contribution >= 0.6 is 11.6 Å². The van der Waals surface area contributed by atoms with E-state index >= 15 is 0 Å². The molecule has 38 heavy (non-hydrogen) atoms. The van der Waals surface area contributed by atoms with Crippen molar-refractivity contribution in [2.45, 2.75) is 58.2 Å². The van der Waals surface area contributed by atoms with Gasteiger partial charge in [0.2, 0.25) is 5.95 Å². The van der Waals surface area contributed by atoms with Crippen LogP contribution in [0.25, 0.3) is 5.65 Å². The summed E-state index contributed by atoms with van der Waals surface area (Å²) in [5, 5.41) is 8.57. The zero-order valence-electron chi connectivity index (χ0n) is 22.1. The van der Waals surface area contributed by atoms with E-state index in [4.69, 9.17) is 36.1 Å². The fourth-order valence-corrected chi connectivity index (χ4v) is 5.42. The van der Waals surface area contributed by atoms with Crippen molar-refractivity contribution in [1.29, 1.82) is 0 Å². The maximum absolute atomic E-state index is 6.48. The van der Waals surface area contributed by atoms with E-state index in [2.05, 4.69) is 26.0 Å². The van der Waals surface area contributed by atoms with Crippen molar-refractivity contribution >= 4 is 23.2 Å². The zero-order chi connectivity index (χ0) is 26.2. The number of hydrogen-bond acceptors (Lipinski definition) is 8. The summed E-state index contributed by atoms with van der Waals surface area (Å²) >= 11 is 6.48. The van der Waals surface area contributed by atoms with Crippen molar-refractivity contribution < 1.29 is 9.47 Å². The Morgan fingerprint density at radius 3 is 2.76 bits per heavy atom. The topological polar surface area (TPSA) is 94.6 Å². The first-order chi connectivity index (χ1) is 18.5. The minimum Gasteiger partial charge on any atom is -0.497 e. The maximum atomic E-state index is 6.48. The van der Waals surface area contributed by atoms with Gasteiger partial charge in [-0.15, -0.1) is 5.10 Å². The molecule has 200 valence electrons. The Balaban J connectivity index is 1.16. The van der Waals surface area contributed by atoms with Crippen LogP contribution in [-0.4, -0.2) is 61.3 Å². The number of aromatic nitrogens is 6. The molecule has 1 saturated carbocycles. The van der Waals surface area contributed by atoms with Gasteiger partial charge in [-0.25, -0.2) is 15.0 Å².